The van der Waals surface area contributed by atoms with Gasteiger partial charge >= 0.3 is 0 Å². The summed E-state index contributed by atoms with van der Waals surface area (Å²) in [7, 11) is 0. The normalized spacial score (nSPS) is 14.6. The number of carbonyl (C=O) groups is 2. The van der Waals surface area contributed by atoms with Gasteiger partial charge in [-0.3, -0.25) is 9.59 Å². The van der Waals surface area contributed by atoms with Crippen molar-refractivity contribution in [3.63, 3.8) is 0 Å². The highest BCUT2D eigenvalue weighted by molar-refractivity contribution is 7.12. The molecule has 0 bridgehead atoms. The Labute approximate surface area is 98.0 Å². The molecule has 0 atom stereocenters. The summed E-state index contributed by atoms with van der Waals surface area (Å²) >= 11 is 1.39. The maximum absolute atomic E-state index is 11.7. The predicted molar refractivity (Wildman–Crippen MR) is 62.6 cm³/mol. The molecule has 0 aromatic carbocycles. The van der Waals surface area contributed by atoms with Gasteiger partial charge in [-0.2, -0.15) is 0 Å². The smallest absolute Gasteiger partial charge is 0.262 e. The molecule has 1 aromatic rings. The van der Waals surface area contributed by atoms with E-state index in [4.69, 9.17) is 0 Å². The second-order valence-electron chi connectivity index (χ2n) is 3.96. The van der Waals surface area contributed by atoms with Gasteiger partial charge in [0.1, 0.15) is 0 Å². The van der Waals surface area contributed by atoms with E-state index in [2.05, 4.69) is 10.6 Å². The SMILES string of the molecule is Cc1ccsc1C(=O)NCC(=O)NC1CC1. The Bertz CT molecular complexity index is 410. The molecule has 5 heteroatoms. The maximum atomic E-state index is 11.7. The maximum Gasteiger partial charge on any atom is 0.262 e. The van der Waals surface area contributed by atoms with E-state index < -0.39 is 0 Å². The summed E-state index contributed by atoms with van der Waals surface area (Å²) in [5, 5.41) is 7.31. The summed E-state index contributed by atoms with van der Waals surface area (Å²) in [4.78, 5) is 23.7. The lowest BCUT2D eigenvalue weighted by Crippen LogP contribution is -2.37. The van der Waals surface area contributed by atoms with E-state index in [-0.39, 0.29) is 18.4 Å². The summed E-state index contributed by atoms with van der Waals surface area (Å²) in [6, 6.07) is 2.23. The molecule has 86 valence electrons. The molecule has 1 aromatic heterocycles. The summed E-state index contributed by atoms with van der Waals surface area (Å²) < 4.78 is 0. The van der Waals surface area contributed by atoms with Crippen LogP contribution in [0.4, 0.5) is 0 Å². The molecule has 0 saturated heterocycles. The van der Waals surface area contributed by atoms with Crippen LogP contribution in [-0.2, 0) is 4.79 Å². The highest BCUT2D eigenvalue weighted by Gasteiger charge is 2.23. The molecule has 0 radical (unpaired) electrons. The van der Waals surface area contributed by atoms with Crippen LogP contribution in [-0.4, -0.2) is 24.4 Å². The number of amides is 2. The third kappa shape index (κ3) is 2.82. The van der Waals surface area contributed by atoms with Gasteiger partial charge in [-0.05, 0) is 36.8 Å². The van der Waals surface area contributed by atoms with Crippen molar-refractivity contribution in [1.29, 1.82) is 0 Å². The number of nitrogens with one attached hydrogen (secondary N) is 2. The van der Waals surface area contributed by atoms with E-state index in [0.717, 1.165) is 18.4 Å². The standard InChI is InChI=1S/C11H14N2O2S/c1-7-4-5-16-10(7)11(15)12-6-9(14)13-8-2-3-8/h4-5,8H,2-3,6H2,1H3,(H,12,15)(H,13,14). The van der Waals surface area contributed by atoms with Crippen LogP contribution in [0.25, 0.3) is 0 Å². The molecule has 2 rings (SSSR count). The van der Waals surface area contributed by atoms with E-state index >= 15 is 0 Å². The van der Waals surface area contributed by atoms with Crippen molar-refractivity contribution in [2.75, 3.05) is 6.54 Å². The fourth-order valence-corrected chi connectivity index (χ4v) is 2.19. The van der Waals surface area contributed by atoms with Crippen LogP contribution in [0.15, 0.2) is 11.4 Å². The van der Waals surface area contributed by atoms with E-state index in [1.807, 2.05) is 18.4 Å². The Hall–Kier alpha value is -1.36. The second-order valence-corrected chi connectivity index (χ2v) is 4.87. The average molecular weight is 238 g/mol. The Morgan fingerprint density at radius 2 is 2.25 bits per heavy atom. The molecule has 0 spiro atoms. The van der Waals surface area contributed by atoms with Crippen LogP contribution in [0.2, 0.25) is 0 Å². The number of aryl methyl sites for hydroxylation is 1. The molecule has 2 amide bonds. The zero-order valence-electron chi connectivity index (χ0n) is 9.08. The summed E-state index contributed by atoms with van der Waals surface area (Å²) in [6.07, 6.45) is 2.12. The van der Waals surface area contributed by atoms with Crippen LogP contribution >= 0.6 is 11.3 Å². The van der Waals surface area contributed by atoms with Gasteiger partial charge in [0, 0.05) is 6.04 Å². The van der Waals surface area contributed by atoms with Crippen LogP contribution < -0.4 is 10.6 Å². The number of carbonyl (C=O) groups excluding carboxylic acids is 2. The lowest BCUT2D eigenvalue weighted by Gasteiger charge is -2.05. The van der Waals surface area contributed by atoms with Gasteiger partial charge in [0.2, 0.25) is 5.91 Å². The van der Waals surface area contributed by atoms with Crippen molar-refractivity contribution in [1.82, 2.24) is 10.6 Å². The number of thiophene rings is 1. The summed E-state index contributed by atoms with van der Waals surface area (Å²) in [5.41, 5.74) is 0.949. The average Bonchev–Trinajstić information content (AvgIpc) is 2.95. The van der Waals surface area contributed by atoms with Crippen molar-refractivity contribution in [2.45, 2.75) is 25.8 Å². The molecular weight excluding hydrogens is 224 g/mol. The second kappa shape index (κ2) is 4.65. The van der Waals surface area contributed by atoms with Crippen molar-refractivity contribution in [3.8, 4) is 0 Å². The monoisotopic (exact) mass is 238 g/mol. The molecule has 1 aliphatic carbocycles. The first kappa shape index (κ1) is 11.1. The van der Waals surface area contributed by atoms with Gasteiger partial charge in [-0.1, -0.05) is 0 Å². The molecule has 0 aliphatic heterocycles. The first-order valence-electron chi connectivity index (χ1n) is 5.28. The zero-order valence-corrected chi connectivity index (χ0v) is 9.89. The predicted octanol–water partition coefficient (Wildman–Crippen LogP) is 1.06. The van der Waals surface area contributed by atoms with Crippen molar-refractivity contribution in [3.05, 3.63) is 21.9 Å². The largest absolute Gasteiger partial charge is 0.352 e. The van der Waals surface area contributed by atoms with Gasteiger partial charge in [-0.15, -0.1) is 11.3 Å². The Morgan fingerprint density at radius 1 is 1.50 bits per heavy atom. The highest BCUT2D eigenvalue weighted by atomic mass is 32.1. The van der Waals surface area contributed by atoms with Gasteiger partial charge in [0.15, 0.2) is 0 Å². The molecule has 0 unspecified atom stereocenters. The van der Waals surface area contributed by atoms with E-state index in [0.29, 0.717) is 10.9 Å². The van der Waals surface area contributed by atoms with Crippen LogP contribution in [0.3, 0.4) is 0 Å². The van der Waals surface area contributed by atoms with Crippen molar-refractivity contribution >= 4 is 23.2 Å². The fourth-order valence-electron chi connectivity index (χ4n) is 1.35. The van der Waals surface area contributed by atoms with E-state index in [1.54, 1.807) is 0 Å². The third-order valence-electron chi connectivity index (χ3n) is 2.42. The molecule has 1 aliphatic rings. The molecular formula is C11H14N2O2S. The minimum Gasteiger partial charge on any atom is -0.352 e. The third-order valence-corrected chi connectivity index (χ3v) is 3.44. The topological polar surface area (TPSA) is 58.2 Å². The first-order chi connectivity index (χ1) is 7.66. The highest BCUT2D eigenvalue weighted by Crippen LogP contribution is 2.18. The number of hydrogen-bond donors (Lipinski definition) is 2. The van der Waals surface area contributed by atoms with Crippen LogP contribution in [0.5, 0.6) is 0 Å². The molecule has 16 heavy (non-hydrogen) atoms. The van der Waals surface area contributed by atoms with Gasteiger partial charge in [0.25, 0.3) is 5.91 Å². The Morgan fingerprint density at radius 3 is 2.81 bits per heavy atom. The van der Waals surface area contributed by atoms with Gasteiger partial charge in [0.05, 0.1) is 11.4 Å². The lowest BCUT2D eigenvalue weighted by molar-refractivity contribution is -0.120. The summed E-state index contributed by atoms with van der Waals surface area (Å²) in [5.74, 6) is -0.275. The minimum atomic E-state index is -0.168. The Balaban J connectivity index is 1.79. The Kier molecular flexibility index (Phi) is 3.24. The van der Waals surface area contributed by atoms with Crippen LogP contribution in [0, 0.1) is 6.92 Å². The molecule has 4 nitrogen and oxygen atoms in total. The van der Waals surface area contributed by atoms with Crippen molar-refractivity contribution in [2.24, 2.45) is 0 Å². The molecule has 1 fully saturated rings. The van der Waals surface area contributed by atoms with E-state index in [9.17, 15) is 9.59 Å². The molecule has 1 heterocycles. The fraction of sp³-hybridized carbons (Fsp3) is 0.455. The minimum absolute atomic E-state index is 0.0622. The van der Waals surface area contributed by atoms with Crippen molar-refractivity contribution < 1.29 is 9.59 Å². The molecule has 2 N–H and O–H groups in total. The zero-order chi connectivity index (χ0) is 11.5. The first-order valence-corrected chi connectivity index (χ1v) is 6.16. The molecule has 1 saturated carbocycles. The van der Waals surface area contributed by atoms with E-state index in [1.165, 1.54) is 11.3 Å². The lowest BCUT2D eigenvalue weighted by atomic mass is 10.3. The quantitative estimate of drug-likeness (QED) is 0.824. The number of hydrogen-bond acceptors (Lipinski definition) is 3. The summed E-state index contributed by atoms with van der Waals surface area (Å²) in [6.45, 7) is 1.95. The number of rotatable bonds is 4. The van der Waals surface area contributed by atoms with Crippen LogP contribution in [0.1, 0.15) is 28.1 Å². The van der Waals surface area contributed by atoms with Gasteiger partial charge in [-0.25, -0.2) is 0 Å². The van der Waals surface area contributed by atoms with Gasteiger partial charge < -0.3 is 10.6 Å².